The zero-order chi connectivity index (χ0) is 17.8. The van der Waals surface area contributed by atoms with E-state index in [0.29, 0.717) is 24.2 Å². The van der Waals surface area contributed by atoms with Crippen LogP contribution < -0.4 is 10.9 Å². The summed E-state index contributed by atoms with van der Waals surface area (Å²) in [5.41, 5.74) is 1.62. The summed E-state index contributed by atoms with van der Waals surface area (Å²) in [6, 6.07) is 7.21. The molecule has 0 spiro atoms. The minimum Gasteiger partial charge on any atom is -0.351 e. The first-order chi connectivity index (χ1) is 12.1. The van der Waals surface area contributed by atoms with Gasteiger partial charge in [0.25, 0.3) is 11.5 Å². The number of rotatable bonds is 5. The lowest BCUT2D eigenvalue weighted by molar-refractivity contribution is 0.0951. The third-order valence-electron chi connectivity index (χ3n) is 3.87. The van der Waals surface area contributed by atoms with Gasteiger partial charge >= 0.3 is 0 Å². The summed E-state index contributed by atoms with van der Waals surface area (Å²) >= 11 is 0. The lowest BCUT2D eigenvalue weighted by atomic mass is 10.1. The fourth-order valence-electron chi connectivity index (χ4n) is 2.53. The smallest absolute Gasteiger partial charge is 0.268 e. The average molecular weight is 340 g/mol. The minimum atomic E-state index is -0.439. The van der Waals surface area contributed by atoms with Crippen LogP contribution in [0, 0.1) is 12.7 Å². The Balaban J connectivity index is 1.82. The molecule has 0 saturated heterocycles. The van der Waals surface area contributed by atoms with E-state index in [-0.39, 0.29) is 11.4 Å². The van der Waals surface area contributed by atoms with Gasteiger partial charge in [-0.3, -0.25) is 14.2 Å². The molecule has 2 heterocycles. The second-order valence-electron chi connectivity index (χ2n) is 5.61. The van der Waals surface area contributed by atoms with Gasteiger partial charge in [-0.05, 0) is 42.8 Å². The number of pyridine rings is 1. The Morgan fingerprint density at radius 2 is 2.04 bits per heavy atom. The number of halogens is 1. The maximum absolute atomic E-state index is 13.1. The van der Waals surface area contributed by atoms with Crippen LogP contribution in [0.3, 0.4) is 0 Å². The molecule has 2 aromatic heterocycles. The Morgan fingerprint density at radius 1 is 1.28 bits per heavy atom. The van der Waals surface area contributed by atoms with Crippen molar-refractivity contribution in [3.05, 3.63) is 82.0 Å². The first-order valence-corrected chi connectivity index (χ1v) is 7.80. The van der Waals surface area contributed by atoms with Crippen LogP contribution in [0.4, 0.5) is 4.39 Å². The van der Waals surface area contributed by atoms with Gasteiger partial charge in [-0.15, -0.1) is 0 Å². The Labute approximate surface area is 143 Å². The Kier molecular flexibility index (Phi) is 4.74. The van der Waals surface area contributed by atoms with Crippen molar-refractivity contribution >= 4 is 5.91 Å². The van der Waals surface area contributed by atoms with Crippen LogP contribution in [0.2, 0.25) is 0 Å². The number of hydrogen-bond donors (Lipinski definition) is 2. The second kappa shape index (κ2) is 7.12. The van der Waals surface area contributed by atoms with Crippen LogP contribution >= 0.6 is 0 Å². The molecule has 0 aliphatic rings. The van der Waals surface area contributed by atoms with Crippen LogP contribution in [-0.4, -0.2) is 27.0 Å². The van der Waals surface area contributed by atoms with E-state index in [4.69, 9.17) is 0 Å². The zero-order valence-corrected chi connectivity index (χ0v) is 13.6. The van der Waals surface area contributed by atoms with Crippen molar-refractivity contribution in [2.45, 2.75) is 13.3 Å². The maximum Gasteiger partial charge on any atom is 0.268 e. The third-order valence-corrected chi connectivity index (χ3v) is 3.87. The molecule has 0 atom stereocenters. The topological polar surface area (TPSA) is 79.8 Å². The van der Waals surface area contributed by atoms with Crippen LogP contribution in [0.15, 0.2) is 53.8 Å². The molecule has 6 nitrogen and oxygen atoms in total. The fraction of sp³-hybridized carbons (Fsp3) is 0.167. The highest BCUT2D eigenvalue weighted by Gasteiger charge is 2.16. The van der Waals surface area contributed by atoms with E-state index >= 15 is 0 Å². The van der Waals surface area contributed by atoms with Gasteiger partial charge < -0.3 is 10.3 Å². The lowest BCUT2D eigenvalue weighted by Gasteiger charge is -2.11. The highest BCUT2D eigenvalue weighted by molar-refractivity contribution is 5.95. The van der Waals surface area contributed by atoms with Crippen molar-refractivity contribution < 1.29 is 9.18 Å². The summed E-state index contributed by atoms with van der Waals surface area (Å²) in [7, 11) is 0. The van der Waals surface area contributed by atoms with Gasteiger partial charge in [0.1, 0.15) is 11.4 Å². The number of benzene rings is 1. The number of carbonyl (C=O) groups excluding carboxylic acids is 1. The molecule has 3 rings (SSSR count). The molecule has 25 heavy (non-hydrogen) atoms. The highest BCUT2D eigenvalue weighted by Crippen LogP contribution is 2.09. The van der Waals surface area contributed by atoms with Gasteiger partial charge in [0.15, 0.2) is 0 Å². The van der Waals surface area contributed by atoms with E-state index in [1.807, 2.05) is 0 Å². The van der Waals surface area contributed by atoms with Crippen molar-refractivity contribution in [2.24, 2.45) is 0 Å². The van der Waals surface area contributed by atoms with Crippen LogP contribution in [-0.2, 0) is 6.42 Å². The number of H-pyrrole nitrogens is 1. The van der Waals surface area contributed by atoms with Crippen molar-refractivity contribution in [2.75, 3.05) is 6.54 Å². The molecule has 128 valence electrons. The van der Waals surface area contributed by atoms with Gasteiger partial charge in [0.05, 0.1) is 6.33 Å². The number of hydrogen-bond acceptors (Lipinski definition) is 3. The first kappa shape index (κ1) is 16.6. The molecule has 3 aromatic rings. The Bertz CT molecular complexity index is 931. The molecule has 1 amide bonds. The molecule has 0 unspecified atom stereocenters. The number of carbonyl (C=O) groups is 1. The number of aromatic amines is 1. The molecule has 2 N–H and O–H groups in total. The SMILES string of the molecule is Cc1ccn(-c2ccc(F)cc2)c(=O)c1C(=O)NCCc1cnc[nH]1. The van der Waals surface area contributed by atoms with Gasteiger partial charge in [0, 0.05) is 36.7 Å². The Hall–Kier alpha value is -3.22. The van der Waals surface area contributed by atoms with Crippen LogP contribution in [0.25, 0.3) is 5.69 Å². The summed E-state index contributed by atoms with van der Waals surface area (Å²) in [5.74, 6) is -0.820. The number of aryl methyl sites for hydroxylation is 1. The first-order valence-electron chi connectivity index (χ1n) is 7.80. The van der Waals surface area contributed by atoms with E-state index in [1.165, 1.54) is 28.8 Å². The number of imidazole rings is 1. The maximum atomic E-state index is 13.1. The lowest BCUT2D eigenvalue weighted by Crippen LogP contribution is -2.34. The summed E-state index contributed by atoms with van der Waals surface area (Å²) in [6.45, 7) is 2.09. The molecule has 7 heteroatoms. The number of nitrogens with one attached hydrogen (secondary N) is 2. The zero-order valence-electron chi connectivity index (χ0n) is 13.6. The van der Waals surface area contributed by atoms with Gasteiger partial charge in [-0.1, -0.05) is 0 Å². The summed E-state index contributed by atoms with van der Waals surface area (Å²) < 4.78 is 14.4. The van der Waals surface area contributed by atoms with E-state index < -0.39 is 11.5 Å². The molecule has 0 saturated carbocycles. The summed E-state index contributed by atoms with van der Waals surface area (Å²) in [4.78, 5) is 32.0. The van der Waals surface area contributed by atoms with E-state index in [1.54, 1.807) is 31.7 Å². The summed E-state index contributed by atoms with van der Waals surface area (Å²) in [5, 5.41) is 2.75. The van der Waals surface area contributed by atoms with Gasteiger partial charge in [-0.25, -0.2) is 9.37 Å². The minimum absolute atomic E-state index is 0.0800. The fourth-order valence-corrected chi connectivity index (χ4v) is 2.53. The van der Waals surface area contributed by atoms with Crippen molar-refractivity contribution in [3.63, 3.8) is 0 Å². The van der Waals surface area contributed by atoms with Crippen LogP contribution in [0.5, 0.6) is 0 Å². The Morgan fingerprint density at radius 3 is 2.72 bits per heavy atom. The van der Waals surface area contributed by atoms with Crippen molar-refractivity contribution in [3.8, 4) is 5.69 Å². The molecular formula is C18H17FN4O2. The molecule has 0 bridgehead atoms. The summed E-state index contributed by atoms with van der Waals surface area (Å²) in [6.07, 6.45) is 5.41. The van der Waals surface area contributed by atoms with E-state index in [0.717, 1.165) is 5.69 Å². The quantitative estimate of drug-likeness (QED) is 0.745. The second-order valence-corrected chi connectivity index (χ2v) is 5.61. The normalized spacial score (nSPS) is 10.6. The molecular weight excluding hydrogens is 323 g/mol. The highest BCUT2D eigenvalue weighted by atomic mass is 19.1. The number of amides is 1. The molecule has 1 aromatic carbocycles. The number of aromatic nitrogens is 3. The number of nitrogens with zero attached hydrogens (tertiary/aromatic N) is 2. The van der Waals surface area contributed by atoms with Crippen LogP contribution in [0.1, 0.15) is 21.6 Å². The molecule has 0 radical (unpaired) electrons. The average Bonchev–Trinajstić information content (AvgIpc) is 3.09. The van der Waals surface area contributed by atoms with Gasteiger partial charge in [0.2, 0.25) is 0 Å². The van der Waals surface area contributed by atoms with E-state index in [9.17, 15) is 14.0 Å². The third kappa shape index (κ3) is 3.65. The standard InChI is InChI=1S/C18H17FN4O2/c1-12-7-9-23(15-4-2-13(19)3-5-15)18(25)16(12)17(24)21-8-6-14-10-20-11-22-14/h2-5,7,9-11H,6,8H2,1H3,(H,20,22)(H,21,24). The largest absolute Gasteiger partial charge is 0.351 e. The molecule has 0 aliphatic heterocycles. The monoisotopic (exact) mass is 340 g/mol. The molecule has 0 fully saturated rings. The van der Waals surface area contributed by atoms with Gasteiger partial charge in [-0.2, -0.15) is 0 Å². The predicted octanol–water partition coefficient (Wildman–Crippen LogP) is 1.98. The predicted molar refractivity (Wildman–Crippen MR) is 91.4 cm³/mol. The van der Waals surface area contributed by atoms with Crippen molar-refractivity contribution in [1.29, 1.82) is 0 Å². The van der Waals surface area contributed by atoms with Crippen molar-refractivity contribution in [1.82, 2.24) is 19.9 Å². The van der Waals surface area contributed by atoms with E-state index in [2.05, 4.69) is 15.3 Å². The molecule has 0 aliphatic carbocycles.